The summed E-state index contributed by atoms with van der Waals surface area (Å²) in [5.41, 5.74) is 2.50. The zero-order valence-corrected chi connectivity index (χ0v) is 7.85. The van der Waals surface area contributed by atoms with Gasteiger partial charge in [0.1, 0.15) is 0 Å². The summed E-state index contributed by atoms with van der Waals surface area (Å²) in [6.45, 7) is 3.08. The highest BCUT2D eigenvalue weighted by molar-refractivity contribution is 9.10. The Hall–Kier alpha value is -0.410. The highest BCUT2D eigenvalue weighted by Crippen LogP contribution is 2.24. The number of rotatable bonds is 0. The molecule has 0 bridgehead atoms. The summed E-state index contributed by atoms with van der Waals surface area (Å²) in [6, 6.07) is 2.54. The highest BCUT2D eigenvalue weighted by atomic mass is 79.9. The largest absolute Gasteiger partial charge is 0.305 e. The van der Waals surface area contributed by atoms with E-state index in [4.69, 9.17) is 0 Å². The summed E-state index contributed by atoms with van der Waals surface area (Å²) >= 11 is 3.39. The van der Waals surface area contributed by atoms with E-state index in [9.17, 15) is 0 Å². The molecule has 1 aliphatic rings. The third-order valence-electron chi connectivity index (χ3n) is 1.98. The van der Waals surface area contributed by atoms with Crippen LogP contribution in [0.3, 0.4) is 0 Å². The minimum atomic E-state index is 0.415. The summed E-state index contributed by atoms with van der Waals surface area (Å²) in [5.74, 6) is 0. The van der Waals surface area contributed by atoms with Crippen LogP contribution in [0.25, 0.3) is 0 Å². The van der Waals surface area contributed by atoms with Crippen molar-refractivity contribution in [2.45, 2.75) is 19.5 Å². The van der Waals surface area contributed by atoms with Crippen LogP contribution in [0.4, 0.5) is 0 Å². The Morgan fingerprint density at radius 2 is 2.55 bits per heavy atom. The van der Waals surface area contributed by atoms with Crippen LogP contribution >= 0.6 is 15.9 Å². The fourth-order valence-electron chi connectivity index (χ4n) is 1.38. The number of pyridine rings is 1. The Bertz CT molecular complexity index is 285. The summed E-state index contributed by atoms with van der Waals surface area (Å²) in [6.07, 6.45) is 1.85. The number of halogens is 1. The van der Waals surface area contributed by atoms with Crippen LogP contribution < -0.4 is 5.32 Å². The zero-order valence-electron chi connectivity index (χ0n) is 6.26. The molecule has 0 aliphatic carbocycles. The molecule has 1 N–H and O–H groups in total. The molecule has 2 nitrogen and oxygen atoms in total. The first kappa shape index (κ1) is 7.25. The number of nitrogens with one attached hydrogen (secondary N) is 1. The fourth-order valence-corrected chi connectivity index (χ4v) is 1.76. The Morgan fingerprint density at radius 3 is 3.36 bits per heavy atom. The van der Waals surface area contributed by atoms with Crippen LogP contribution in [0.5, 0.6) is 0 Å². The molecule has 0 spiro atoms. The topological polar surface area (TPSA) is 24.9 Å². The SMILES string of the molecule is C[C@@H]1NCc2cc(Br)cnc21. The molecule has 58 valence electrons. The second-order valence-corrected chi connectivity index (χ2v) is 3.72. The summed E-state index contributed by atoms with van der Waals surface area (Å²) in [4.78, 5) is 4.33. The predicted molar refractivity (Wildman–Crippen MR) is 47.2 cm³/mol. The van der Waals surface area contributed by atoms with Crippen LogP contribution in [-0.4, -0.2) is 4.98 Å². The van der Waals surface area contributed by atoms with Gasteiger partial charge in [-0.25, -0.2) is 0 Å². The van der Waals surface area contributed by atoms with Gasteiger partial charge in [-0.2, -0.15) is 0 Å². The first-order valence-electron chi connectivity index (χ1n) is 3.65. The van der Waals surface area contributed by atoms with Crippen molar-refractivity contribution in [1.82, 2.24) is 10.3 Å². The van der Waals surface area contributed by atoms with Crippen molar-refractivity contribution in [3.05, 3.63) is 28.0 Å². The lowest BCUT2D eigenvalue weighted by Crippen LogP contribution is -2.07. The molecule has 0 saturated heterocycles. The second-order valence-electron chi connectivity index (χ2n) is 2.80. The lowest BCUT2D eigenvalue weighted by atomic mass is 10.2. The first-order chi connectivity index (χ1) is 5.27. The van der Waals surface area contributed by atoms with Gasteiger partial charge >= 0.3 is 0 Å². The molecule has 1 aromatic rings. The molecule has 0 unspecified atom stereocenters. The van der Waals surface area contributed by atoms with Crippen molar-refractivity contribution in [1.29, 1.82) is 0 Å². The average molecular weight is 213 g/mol. The molecule has 2 rings (SSSR count). The molecule has 0 fully saturated rings. The number of hydrogen-bond acceptors (Lipinski definition) is 2. The molecule has 0 radical (unpaired) electrons. The molecule has 0 aromatic carbocycles. The minimum absolute atomic E-state index is 0.415. The van der Waals surface area contributed by atoms with Gasteiger partial charge in [-0.05, 0) is 34.5 Å². The van der Waals surface area contributed by atoms with E-state index in [1.807, 2.05) is 6.20 Å². The lowest BCUT2D eigenvalue weighted by molar-refractivity contribution is 0.623. The van der Waals surface area contributed by atoms with Gasteiger partial charge in [-0.15, -0.1) is 0 Å². The fraction of sp³-hybridized carbons (Fsp3) is 0.375. The number of nitrogens with zero attached hydrogens (tertiary/aromatic N) is 1. The Balaban J connectivity index is 2.50. The normalized spacial score (nSPS) is 21.8. The van der Waals surface area contributed by atoms with E-state index in [2.05, 4.69) is 39.2 Å². The maximum atomic E-state index is 4.33. The van der Waals surface area contributed by atoms with Crippen molar-refractivity contribution in [3.8, 4) is 0 Å². The number of hydrogen-bond donors (Lipinski definition) is 1. The standard InChI is InChI=1S/C8H9BrN2/c1-5-8-6(3-10-5)2-7(9)4-11-8/h2,4-5,10H,3H2,1H3/t5-/m0/s1. The van der Waals surface area contributed by atoms with Crippen LogP contribution in [0, 0.1) is 0 Å². The number of aromatic nitrogens is 1. The van der Waals surface area contributed by atoms with Gasteiger partial charge in [-0.3, -0.25) is 4.98 Å². The summed E-state index contributed by atoms with van der Waals surface area (Å²) in [7, 11) is 0. The Morgan fingerprint density at radius 1 is 1.73 bits per heavy atom. The van der Waals surface area contributed by atoms with E-state index in [1.54, 1.807) is 0 Å². The molecule has 3 heteroatoms. The van der Waals surface area contributed by atoms with Gasteiger partial charge in [0.2, 0.25) is 0 Å². The van der Waals surface area contributed by atoms with E-state index in [1.165, 1.54) is 11.3 Å². The van der Waals surface area contributed by atoms with Crippen LogP contribution in [0.1, 0.15) is 24.2 Å². The molecular weight excluding hydrogens is 204 g/mol. The molecule has 0 amide bonds. The summed E-state index contributed by atoms with van der Waals surface area (Å²) in [5, 5.41) is 3.33. The third kappa shape index (κ3) is 1.19. The van der Waals surface area contributed by atoms with Crippen molar-refractivity contribution in [3.63, 3.8) is 0 Å². The lowest BCUT2D eigenvalue weighted by Gasteiger charge is -2.01. The number of fused-ring (bicyclic) bond motifs is 1. The van der Waals surface area contributed by atoms with Crippen LogP contribution in [-0.2, 0) is 6.54 Å². The first-order valence-corrected chi connectivity index (χ1v) is 4.44. The van der Waals surface area contributed by atoms with Crippen molar-refractivity contribution >= 4 is 15.9 Å². The maximum absolute atomic E-state index is 4.33. The quantitative estimate of drug-likeness (QED) is 0.712. The highest BCUT2D eigenvalue weighted by Gasteiger charge is 2.18. The minimum Gasteiger partial charge on any atom is -0.305 e. The van der Waals surface area contributed by atoms with Gasteiger partial charge in [0, 0.05) is 23.3 Å². The van der Waals surface area contributed by atoms with Gasteiger partial charge < -0.3 is 5.32 Å². The monoisotopic (exact) mass is 212 g/mol. The zero-order chi connectivity index (χ0) is 7.84. The molecule has 0 saturated carbocycles. The van der Waals surface area contributed by atoms with E-state index >= 15 is 0 Å². The molecule has 2 heterocycles. The van der Waals surface area contributed by atoms with E-state index in [0.717, 1.165) is 11.0 Å². The summed E-state index contributed by atoms with van der Waals surface area (Å²) < 4.78 is 1.06. The van der Waals surface area contributed by atoms with Crippen LogP contribution in [0.15, 0.2) is 16.7 Å². The van der Waals surface area contributed by atoms with Crippen molar-refractivity contribution in [2.24, 2.45) is 0 Å². The third-order valence-corrected chi connectivity index (χ3v) is 2.41. The predicted octanol–water partition coefficient (Wildman–Crippen LogP) is 2.01. The van der Waals surface area contributed by atoms with Crippen molar-refractivity contribution < 1.29 is 0 Å². The van der Waals surface area contributed by atoms with E-state index in [-0.39, 0.29) is 0 Å². The van der Waals surface area contributed by atoms with E-state index < -0.39 is 0 Å². The molecule has 1 aromatic heterocycles. The second kappa shape index (κ2) is 2.57. The van der Waals surface area contributed by atoms with Crippen molar-refractivity contribution in [2.75, 3.05) is 0 Å². The Labute approximate surface area is 74.2 Å². The van der Waals surface area contributed by atoms with E-state index in [0.29, 0.717) is 6.04 Å². The van der Waals surface area contributed by atoms with Gasteiger partial charge in [0.05, 0.1) is 5.69 Å². The molecular formula is C8H9BrN2. The molecule has 1 atom stereocenters. The van der Waals surface area contributed by atoms with Gasteiger partial charge in [0.25, 0.3) is 0 Å². The maximum Gasteiger partial charge on any atom is 0.0616 e. The molecule has 11 heavy (non-hydrogen) atoms. The average Bonchev–Trinajstić information content (AvgIpc) is 2.32. The van der Waals surface area contributed by atoms with Gasteiger partial charge in [0.15, 0.2) is 0 Å². The van der Waals surface area contributed by atoms with Gasteiger partial charge in [-0.1, -0.05) is 0 Å². The smallest absolute Gasteiger partial charge is 0.0616 e. The Kier molecular flexibility index (Phi) is 1.69. The van der Waals surface area contributed by atoms with Crippen LogP contribution in [0.2, 0.25) is 0 Å². The molecule has 1 aliphatic heterocycles.